The van der Waals surface area contributed by atoms with Gasteiger partial charge in [0.05, 0.1) is 11.0 Å². The third-order valence-electron chi connectivity index (χ3n) is 9.34. The van der Waals surface area contributed by atoms with E-state index >= 15 is 0 Å². The van der Waals surface area contributed by atoms with Gasteiger partial charge in [0.1, 0.15) is 5.78 Å². The number of carbonyl (C=O) groups excluding carboxylic acids is 1. The molecule has 5 rings (SSSR count). The summed E-state index contributed by atoms with van der Waals surface area (Å²) in [6, 6.07) is 6.87. The Kier molecular flexibility index (Phi) is 5.02. The number of rotatable bonds is 3. The smallest absolute Gasteiger partial charge is 0.297 e. The van der Waals surface area contributed by atoms with Crippen LogP contribution < -0.4 is 0 Å². The van der Waals surface area contributed by atoms with Crippen molar-refractivity contribution in [3.63, 3.8) is 0 Å². The van der Waals surface area contributed by atoms with Crippen LogP contribution in [0.1, 0.15) is 70.8 Å². The van der Waals surface area contributed by atoms with E-state index in [1.807, 2.05) is 19.1 Å². The lowest BCUT2D eigenvalue weighted by Crippen LogP contribution is -2.50. The molecule has 0 aromatic heterocycles. The van der Waals surface area contributed by atoms with Gasteiger partial charge in [-0.2, -0.15) is 8.42 Å². The van der Waals surface area contributed by atoms with Crippen molar-refractivity contribution in [2.75, 3.05) is 0 Å². The summed E-state index contributed by atoms with van der Waals surface area (Å²) in [7, 11) is -3.75. The zero-order valence-corrected chi connectivity index (χ0v) is 19.7. The van der Waals surface area contributed by atoms with Gasteiger partial charge in [-0.15, -0.1) is 0 Å². The Hall–Kier alpha value is -1.46. The van der Waals surface area contributed by atoms with Crippen LogP contribution in [0.3, 0.4) is 0 Å². The second kappa shape index (κ2) is 7.28. The maximum absolute atomic E-state index is 12.8. The molecule has 168 valence electrons. The predicted molar refractivity (Wildman–Crippen MR) is 120 cm³/mol. The van der Waals surface area contributed by atoms with Crippen LogP contribution in [0.15, 0.2) is 40.8 Å². The normalized spacial score (nSPS) is 40.0. The second-order valence-electron chi connectivity index (χ2n) is 10.9. The molecule has 0 saturated heterocycles. The molecule has 0 unspecified atom stereocenters. The van der Waals surface area contributed by atoms with Crippen molar-refractivity contribution in [1.82, 2.24) is 0 Å². The summed E-state index contributed by atoms with van der Waals surface area (Å²) in [6.07, 6.45) is 9.49. The van der Waals surface area contributed by atoms with Gasteiger partial charge in [0.2, 0.25) is 0 Å². The van der Waals surface area contributed by atoms with Crippen molar-refractivity contribution in [3.05, 3.63) is 41.5 Å². The molecular weight excluding hydrogens is 408 g/mol. The number of benzene rings is 1. The van der Waals surface area contributed by atoms with Gasteiger partial charge < -0.3 is 0 Å². The van der Waals surface area contributed by atoms with Gasteiger partial charge in [-0.1, -0.05) is 43.2 Å². The molecule has 0 heterocycles. The van der Waals surface area contributed by atoms with Gasteiger partial charge in [-0.05, 0) is 87.2 Å². The topological polar surface area (TPSA) is 60.4 Å². The third kappa shape index (κ3) is 3.34. The molecule has 4 aliphatic rings. The van der Waals surface area contributed by atoms with E-state index in [1.165, 1.54) is 5.57 Å². The van der Waals surface area contributed by atoms with Crippen molar-refractivity contribution < 1.29 is 17.4 Å². The predicted octanol–water partition coefficient (Wildman–Crippen LogP) is 5.60. The number of hydrogen-bond donors (Lipinski definition) is 0. The van der Waals surface area contributed by atoms with E-state index in [0.717, 1.165) is 50.5 Å². The number of allylic oxidation sites excluding steroid dienone is 1. The van der Waals surface area contributed by atoms with Crippen LogP contribution in [0.5, 0.6) is 0 Å². The molecule has 31 heavy (non-hydrogen) atoms. The number of Topliss-reactive ketones (excluding diaryl/α,β-unsaturated/α-hetero) is 1. The maximum Gasteiger partial charge on any atom is 0.297 e. The molecule has 0 aliphatic heterocycles. The number of fused-ring (bicyclic) bond motifs is 5. The first-order valence-corrected chi connectivity index (χ1v) is 13.3. The lowest BCUT2D eigenvalue weighted by atomic mass is 9.48. The van der Waals surface area contributed by atoms with Gasteiger partial charge >= 0.3 is 0 Å². The molecular formula is C26H34O4S. The van der Waals surface area contributed by atoms with Crippen LogP contribution in [0.2, 0.25) is 0 Å². The molecule has 4 aliphatic carbocycles. The lowest BCUT2D eigenvalue weighted by Gasteiger charge is -2.56. The molecule has 0 bridgehead atoms. The van der Waals surface area contributed by atoms with Crippen LogP contribution in [0.4, 0.5) is 0 Å². The second-order valence-corrected chi connectivity index (χ2v) is 12.5. The monoisotopic (exact) mass is 442 g/mol. The fraction of sp³-hybridized carbons (Fsp3) is 0.654. The van der Waals surface area contributed by atoms with E-state index in [9.17, 15) is 13.2 Å². The average Bonchev–Trinajstić information content (AvgIpc) is 3.03. The highest BCUT2D eigenvalue weighted by Crippen LogP contribution is 2.64. The minimum atomic E-state index is -3.75. The Balaban J connectivity index is 1.34. The van der Waals surface area contributed by atoms with Gasteiger partial charge in [0, 0.05) is 11.8 Å². The highest BCUT2D eigenvalue weighted by molar-refractivity contribution is 7.86. The average molecular weight is 443 g/mol. The molecule has 0 N–H and O–H groups in total. The summed E-state index contributed by atoms with van der Waals surface area (Å²) in [4.78, 5) is 12.8. The van der Waals surface area contributed by atoms with E-state index in [1.54, 1.807) is 12.1 Å². The lowest BCUT2D eigenvalue weighted by molar-refractivity contribution is -0.131. The Labute approximate surface area is 186 Å². The van der Waals surface area contributed by atoms with Gasteiger partial charge in [0.15, 0.2) is 0 Å². The molecule has 0 amide bonds. The van der Waals surface area contributed by atoms with Crippen molar-refractivity contribution in [2.24, 2.45) is 28.6 Å². The first-order valence-electron chi connectivity index (χ1n) is 11.9. The molecule has 3 fully saturated rings. The van der Waals surface area contributed by atoms with E-state index in [-0.39, 0.29) is 21.8 Å². The molecule has 0 spiro atoms. The molecule has 3 saturated carbocycles. The molecule has 0 radical (unpaired) electrons. The summed E-state index contributed by atoms with van der Waals surface area (Å²) >= 11 is 0. The largest absolute Gasteiger partial charge is 0.299 e. The molecule has 5 heteroatoms. The molecule has 6 atom stereocenters. The summed E-state index contributed by atoms with van der Waals surface area (Å²) in [6.45, 7) is 6.54. The summed E-state index contributed by atoms with van der Waals surface area (Å²) in [5.74, 6) is 2.19. The van der Waals surface area contributed by atoms with Crippen LogP contribution >= 0.6 is 0 Å². The number of carbonyl (C=O) groups is 1. The first-order chi connectivity index (χ1) is 14.6. The fourth-order valence-electron chi connectivity index (χ4n) is 7.42. The minimum absolute atomic E-state index is 0.106. The Morgan fingerprint density at radius 1 is 0.968 bits per heavy atom. The number of ketones is 1. The highest BCUT2D eigenvalue weighted by Gasteiger charge is 2.58. The number of aryl methyl sites for hydroxylation is 1. The molecule has 1 aromatic carbocycles. The summed E-state index contributed by atoms with van der Waals surface area (Å²) in [5.41, 5.74) is 2.42. The van der Waals surface area contributed by atoms with E-state index in [4.69, 9.17) is 4.18 Å². The third-order valence-corrected chi connectivity index (χ3v) is 10.7. The zero-order chi connectivity index (χ0) is 22.0. The maximum atomic E-state index is 12.8. The van der Waals surface area contributed by atoms with E-state index in [2.05, 4.69) is 19.9 Å². The summed E-state index contributed by atoms with van der Waals surface area (Å²) in [5, 5.41) is 0. The van der Waals surface area contributed by atoms with Gasteiger partial charge in [0.25, 0.3) is 10.1 Å². The van der Waals surface area contributed by atoms with Crippen molar-refractivity contribution in [3.8, 4) is 0 Å². The Morgan fingerprint density at radius 2 is 1.65 bits per heavy atom. The molecule has 4 nitrogen and oxygen atoms in total. The van der Waals surface area contributed by atoms with Gasteiger partial charge in [-0.3, -0.25) is 8.98 Å². The van der Waals surface area contributed by atoms with Crippen LogP contribution in [-0.4, -0.2) is 20.3 Å². The van der Waals surface area contributed by atoms with E-state index < -0.39 is 10.1 Å². The van der Waals surface area contributed by atoms with Crippen LogP contribution in [-0.2, 0) is 19.1 Å². The van der Waals surface area contributed by atoms with Crippen LogP contribution in [0, 0.1) is 35.5 Å². The van der Waals surface area contributed by atoms with E-state index in [0.29, 0.717) is 30.0 Å². The standard InChI is InChI=1S/C26H34O4S/c1-17-4-7-20(8-5-17)31(28,29)30-19-12-14-25(2)18(16-19)6-9-21-22-10-11-24(27)26(22,3)15-13-23(21)25/h4-8,19,21-23H,9-16H2,1-3H3/t19-,21+,22+,23+,25-,26-/m0/s1. The fourth-order valence-corrected chi connectivity index (χ4v) is 8.52. The zero-order valence-electron chi connectivity index (χ0n) is 18.9. The van der Waals surface area contributed by atoms with Crippen molar-refractivity contribution in [2.45, 2.75) is 83.1 Å². The van der Waals surface area contributed by atoms with Crippen molar-refractivity contribution in [1.29, 1.82) is 0 Å². The number of hydrogen-bond acceptors (Lipinski definition) is 4. The highest BCUT2D eigenvalue weighted by atomic mass is 32.2. The Morgan fingerprint density at radius 3 is 2.39 bits per heavy atom. The van der Waals surface area contributed by atoms with Crippen LogP contribution in [0.25, 0.3) is 0 Å². The van der Waals surface area contributed by atoms with Crippen molar-refractivity contribution >= 4 is 15.9 Å². The van der Waals surface area contributed by atoms with Gasteiger partial charge in [-0.25, -0.2) is 0 Å². The molecule has 1 aromatic rings. The summed E-state index contributed by atoms with van der Waals surface area (Å²) < 4.78 is 31.3. The SMILES string of the molecule is Cc1ccc(S(=O)(=O)O[C@H]2CC[C@@]3(C)C(=CC[C@H]4[C@H]3CC[C@]3(C)C(=O)CC[C@H]43)C2)cc1. The quantitative estimate of drug-likeness (QED) is 0.451. The first kappa shape index (κ1) is 21.4. The Bertz CT molecular complexity index is 1020. The minimum Gasteiger partial charge on any atom is -0.299 e.